The first-order valence-electron chi connectivity index (χ1n) is 11.0. The maximum Gasteiger partial charge on any atom is 0.360 e. The van der Waals surface area contributed by atoms with Gasteiger partial charge in [0.25, 0.3) is 0 Å². The first kappa shape index (κ1) is 22.4. The van der Waals surface area contributed by atoms with Crippen LogP contribution in [0.3, 0.4) is 0 Å². The molecule has 2 aliphatic rings. The van der Waals surface area contributed by atoms with Crippen molar-refractivity contribution in [2.24, 2.45) is 0 Å². The largest absolute Gasteiger partial charge is 0.397 e. The normalized spacial score (nSPS) is 23.4. The van der Waals surface area contributed by atoms with Crippen LogP contribution in [-0.4, -0.2) is 22.8 Å². The van der Waals surface area contributed by atoms with Gasteiger partial charge in [0.1, 0.15) is 0 Å². The highest BCUT2D eigenvalue weighted by atomic mass is 28.4. The maximum absolute atomic E-state index is 6.45. The van der Waals surface area contributed by atoms with E-state index in [1.165, 1.54) is 11.1 Å². The zero-order valence-electron chi connectivity index (χ0n) is 18.9. The van der Waals surface area contributed by atoms with Crippen LogP contribution >= 0.6 is 0 Å². The Kier molecular flexibility index (Phi) is 7.90. The second-order valence-corrected chi connectivity index (χ2v) is 11.1. The molecule has 2 rings (SSSR count). The second-order valence-electron chi connectivity index (χ2n) is 7.60. The molecule has 0 aromatic rings. The zero-order valence-corrected chi connectivity index (χ0v) is 19.9. The van der Waals surface area contributed by atoms with Crippen LogP contribution in [-0.2, 0) is 8.85 Å². The summed E-state index contributed by atoms with van der Waals surface area (Å²) in [6, 6.07) is 0. The van der Waals surface area contributed by atoms with Crippen molar-refractivity contribution >= 4 is 8.56 Å². The van der Waals surface area contributed by atoms with Crippen molar-refractivity contribution in [3.63, 3.8) is 0 Å². The Morgan fingerprint density at radius 3 is 1.22 bits per heavy atom. The molecule has 2 unspecified atom stereocenters. The van der Waals surface area contributed by atoms with Crippen molar-refractivity contribution in [3.8, 4) is 0 Å². The van der Waals surface area contributed by atoms with Crippen LogP contribution in [0.15, 0.2) is 45.6 Å². The molecule has 27 heavy (non-hydrogen) atoms. The van der Waals surface area contributed by atoms with E-state index < -0.39 is 8.56 Å². The summed E-state index contributed by atoms with van der Waals surface area (Å²) in [6.45, 7) is 13.7. The monoisotopic (exact) mass is 388 g/mol. The summed E-state index contributed by atoms with van der Waals surface area (Å²) in [4.78, 5) is 0. The number of hydrogen-bond donors (Lipinski definition) is 0. The lowest BCUT2D eigenvalue weighted by Gasteiger charge is -2.39. The van der Waals surface area contributed by atoms with Crippen LogP contribution in [0.4, 0.5) is 0 Å². The molecule has 0 radical (unpaired) electrons. The van der Waals surface area contributed by atoms with Crippen LogP contribution in [0, 0.1) is 0 Å². The van der Waals surface area contributed by atoms with E-state index in [9.17, 15) is 0 Å². The molecule has 0 bridgehead atoms. The van der Waals surface area contributed by atoms with Crippen LogP contribution < -0.4 is 0 Å². The Hall–Kier alpha value is -0.903. The second kappa shape index (κ2) is 9.53. The Morgan fingerprint density at radius 2 is 1.00 bits per heavy atom. The third kappa shape index (κ3) is 3.59. The van der Waals surface area contributed by atoms with Gasteiger partial charge in [0.05, 0.1) is 0 Å². The molecule has 0 fully saturated rings. The molecule has 0 N–H and O–H groups in total. The topological polar surface area (TPSA) is 18.5 Å². The van der Waals surface area contributed by atoms with E-state index in [1.54, 1.807) is 22.3 Å². The summed E-state index contributed by atoms with van der Waals surface area (Å²) in [6.07, 6.45) is 11.6. The highest BCUT2D eigenvalue weighted by Crippen LogP contribution is 2.55. The van der Waals surface area contributed by atoms with E-state index in [4.69, 9.17) is 8.85 Å². The molecule has 0 heterocycles. The molecule has 0 amide bonds. The van der Waals surface area contributed by atoms with Gasteiger partial charge in [-0.05, 0) is 60.8 Å². The molecule has 152 valence electrons. The van der Waals surface area contributed by atoms with Crippen molar-refractivity contribution in [1.29, 1.82) is 0 Å². The van der Waals surface area contributed by atoms with Crippen LogP contribution in [0.1, 0.15) is 80.1 Å². The highest BCUT2D eigenvalue weighted by Gasteiger charge is 2.55. The van der Waals surface area contributed by atoms with Gasteiger partial charge in [0.2, 0.25) is 0 Å². The first-order valence-corrected chi connectivity index (χ1v) is 13.0. The molecule has 0 aromatic carbocycles. The van der Waals surface area contributed by atoms with Gasteiger partial charge in [0, 0.05) is 25.3 Å². The van der Waals surface area contributed by atoms with Gasteiger partial charge in [-0.1, -0.05) is 64.8 Å². The smallest absolute Gasteiger partial charge is 0.360 e. The van der Waals surface area contributed by atoms with Crippen molar-refractivity contribution < 1.29 is 8.85 Å². The van der Waals surface area contributed by atoms with Gasteiger partial charge >= 0.3 is 8.56 Å². The van der Waals surface area contributed by atoms with Crippen molar-refractivity contribution in [3.05, 3.63) is 45.6 Å². The third-order valence-corrected chi connectivity index (χ3v) is 10.8. The average molecular weight is 389 g/mol. The third-order valence-electron chi connectivity index (χ3n) is 6.77. The van der Waals surface area contributed by atoms with Gasteiger partial charge in [-0.3, -0.25) is 0 Å². The van der Waals surface area contributed by atoms with Crippen molar-refractivity contribution in [1.82, 2.24) is 0 Å². The fourth-order valence-corrected chi connectivity index (χ4v) is 9.70. The molecule has 2 atom stereocenters. The Balaban J connectivity index is 2.66. The van der Waals surface area contributed by atoms with E-state index >= 15 is 0 Å². The Morgan fingerprint density at radius 1 is 0.630 bits per heavy atom. The van der Waals surface area contributed by atoms with E-state index in [-0.39, 0.29) is 0 Å². The molecule has 0 aromatic heterocycles. The van der Waals surface area contributed by atoms with Gasteiger partial charge in [-0.25, -0.2) is 0 Å². The minimum atomic E-state index is -2.55. The standard InChI is InChI=1S/C24H40O2Si/c1-9-17-15-23(21(13-5)19(17)11-3)27(25-7,26-8)24-16-18(10-2)20(12-4)22(24)14-6/h15-16,23-24H,9-14H2,1-8H3. The minimum Gasteiger partial charge on any atom is -0.397 e. The number of hydrogen-bond acceptors (Lipinski definition) is 2. The average Bonchev–Trinajstić information content (AvgIpc) is 3.26. The lowest BCUT2D eigenvalue weighted by atomic mass is 10.0. The fraction of sp³-hybridized carbons (Fsp3) is 0.667. The molecule has 0 saturated carbocycles. The molecule has 0 aliphatic heterocycles. The van der Waals surface area contributed by atoms with Crippen LogP contribution in [0.2, 0.25) is 11.1 Å². The van der Waals surface area contributed by atoms with E-state index in [1.807, 2.05) is 14.2 Å². The SMILES string of the molecule is CCC1=CC([Si](OC)(OC)C2C=C(CC)C(CC)=C2CC)C(CC)=C1CC. The van der Waals surface area contributed by atoms with Gasteiger partial charge in [0.15, 0.2) is 0 Å². The van der Waals surface area contributed by atoms with E-state index in [0.29, 0.717) is 11.1 Å². The summed E-state index contributed by atoms with van der Waals surface area (Å²) >= 11 is 0. The maximum atomic E-state index is 6.45. The molecular formula is C24H40O2Si. The molecule has 3 heteroatoms. The quantitative estimate of drug-likeness (QED) is 0.363. The predicted molar refractivity (Wildman–Crippen MR) is 119 cm³/mol. The van der Waals surface area contributed by atoms with Crippen molar-refractivity contribution in [2.45, 2.75) is 91.1 Å². The summed E-state index contributed by atoms with van der Waals surface area (Å²) in [7, 11) is 1.24. The predicted octanol–water partition coefficient (Wildman–Crippen LogP) is 7.40. The van der Waals surface area contributed by atoms with Crippen LogP contribution in [0.25, 0.3) is 0 Å². The molecule has 0 saturated heterocycles. The first-order chi connectivity index (χ1) is 13.0. The fourth-order valence-electron chi connectivity index (χ4n) is 5.53. The zero-order chi connectivity index (χ0) is 20.2. The van der Waals surface area contributed by atoms with Gasteiger partial charge in [-0.2, -0.15) is 0 Å². The van der Waals surface area contributed by atoms with E-state index in [0.717, 1.165) is 38.5 Å². The Bertz CT molecular complexity index is 608. The van der Waals surface area contributed by atoms with Crippen LogP contribution in [0.5, 0.6) is 0 Å². The number of allylic oxidation sites excluding steroid dienone is 8. The minimum absolute atomic E-state index is 0.319. The van der Waals surface area contributed by atoms with Crippen molar-refractivity contribution in [2.75, 3.05) is 14.2 Å². The summed E-state index contributed by atoms with van der Waals surface area (Å²) in [5.74, 6) is 0. The summed E-state index contributed by atoms with van der Waals surface area (Å²) in [5, 5.41) is 0. The summed E-state index contributed by atoms with van der Waals surface area (Å²) in [5.41, 5.74) is 9.92. The highest BCUT2D eigenvalue weighted by molar-refractivity contribution is 6.73. The van der Waals surface area contributed by atoms with Gasteiger partial charge in [-0.15, -0.1) is 0 Å². The molecule has 0 spiro atoms. The Labute approximate surface area is 168 Å². The summed E-state index contributed by atoms with van der Waals surface area (Å²) < 4.78 is 12.9. The molecular weight excluding hydrogens is 348 g/mol. The lowest BCUT2D eigenvalue weighted by molar-refractivity contribution is 0.233. The molecule has 2 aliphatic carbocycles. The van der Waals surface area contributed by atoms with Gasteiger partial charge < -0.3 is 8.85 Å². The lowest BCUT2D eigenvalue weighted by Crippen LogP contribution is -2.49. The van der Waals surface area contributed by atoms with E-state index in [2.05, 4.69) is 53.7 Å². The molecule has 2 nitrogen and oxygen atoms in total. The number of rotatable bonds is 10.